The van der Waals surface area contributed by atoms with Crippen molar-refractivity contribution in [3.05, 3.63) is 38.4 Å². The van der Waals surface area contributed by atoms with E-state index < -0.39 is 5.97 Å². The van der Waals surface area contributed by atoms with E-state index >= 15 is 0 Å². The van der Waals surface area contributed by atoms with Gasteiger partial charge in [0, 0.05) is 10.9 Å². The van der Waals surface area contributed by atoms with Gasteiger partial charge in [0.2, 0.25) is 0 Å². The van der Waals surface area contributed by atoms with Gasteiger partial charge in [-0.25, -0.2) is 4.98 Å². The highest BCUT2D eigenvalue weighted by Gasteiger charge is 2.24. The molecule has 1 atom stereocenters. The van der Waals surface area contributed by atoms with Crippen LogP contribution in [-0.4, -0.2) is 16.1 Å². The molecule has 1 unspecified atom stereocenters. The third-order valence-corrected chi connectivity index (χ3v) is 5.37. The summed E-state index contributed by atoms with van der Waals surface area (Å²) in [6.45, 7) is 0. The van der Waals surface area contributed by atoms with E-state index in [0.717, 1.165) is 27.1 Å². The van der Waals surface area contributed by atoms with Crippen LogP contribution < -0.4 is 0 Å². The van der Waals surface area contributed by atoms with E-state index in [1.807, 2.05) is 5.38 Å². The van der Waals surface area contributed by atoms with Crippen LogP contribution in [0.15, 0.2) is 23.6 Å². The summed E-state index contributed by atoms with van der Waals surface area (Å²) in [7, 11) is 0. The van der Waals surface area contributed by atoms with Crippen molar-refractivity contribution in [2.24, 2.45) is 5.92 Å². The predicted molar refractivity (Wildman–Crippen MR) is 83.4 cm³/mol. The number of aromatic nitrogens is 1. The molecule has 1 aliphatic carbocycles. The van der Waals surface area contributed by atoms with Gasteiger partial charge in [0.05, 0.1) is 5.92 Å². The Morgan fingerprint density at radius 1 is 1.42 bits per heavy atom. The number of nitrogens with zero attached hydrogens (tertiary/aromatic N) is 1. The number of benzene rings is 1. The minimum atomic E-state index is -0.681. The topological polar surface area (TPSA) is 50.2 Å². The molecule has 1 aromatic heterocycles. The molecule has 98 valence electrons. The molecule has 0 radical (unpaired) electrons. The maximum Gasteiger partial charge on any atom is 0.306 e. The fourth-order valence-corrected chi connectivity index (χ4v) is 3.95. The average Bonchev–Trinajstić information content (AvgIpc) is 2.84. The van der Waals surface area contributed by atoms with Crippen molar-refractivity contribution < 1.29 is 9.90 Å². The van der Waals surface area contributed by atoms with Gasteiger partial charge in [0.25, 0.3) is 0 Å². The Bertz CT molecular complexity index is 638. The van der Waals surface area contributed by atoms with Crippen molar-refractivity contribution in [2.45, 2.75) is 19.3 Å². The van der Waals surface area contributed by atoms with Crippen molar-refractivity contribution >= 4 is 39.9 Å². The lowest BCUT2D eigenvalue weighted by molar-refractivity contribution is -0.142. The van der Waals surface area contributed by atoms with Gasteiger partial charge in [0.1, 0.15) is 8.71 Å². The van der Waals surface area contributed by atoms with Gasteiger partial charge in [-0.2, -0.15) is 0 Å². The molecule has 1 N–H and O–H groups in total. The average molecular weight is 385 g/mol. The van der Waals surface area contributed by atoms with Crippen LogP contribution in [0.1, 0.15) is 17.5 Å². The Kier molecular flexibility index (Phi) is 3.58. The summed E-state index contributed by atoms with van der Waals surface area (Å²) in [6, 6.07) is 6.32. The van der Waals surface area contributed by atoms with Crippen LogP contribution in [0.5, 0.6) is 0 Å². The van der Waals surface area contributed by atoms with Gasteiger partial charge in [-0.1, -0.05) is 12.1 Å². The first-order valence-corrected chi connectivity index (χ1v) is 8.05. The molecule has 5 heteroatoms. The Hall–Kier alpha value is -0.950. The lowest BCUT2D eigenvalue weighted by Gasteiger charge is -2.21. The zero-order valence-electron chi connectivity index (χ0n) is 10.1. The van der Waals surface area contributed by atoms with Crippen LogP contribution in [-0.2, 0) is 17.6 Å². The number of aliphatic carboxylic acids is 1. The fourth-order valence-electron chi connectivity index (χ4n) is 2.49. The molecule has 0 saturated carbocycles. The van der Waals surface area contributed by atoms with Gasteiger partial charge in [-0.3, -0.25) is 4.79 Å². The standard InChI is InChI=1S/C14H12INO2S/c15-12-7-19-13(16-12)9-3-1-8-2-4-10(14(17)18)6-11(8)5-9/h1,3,5,7,10H,2,4,6H2,(H,17,18). The molecule has 2 aromatic rings. The largest absolute Gasteiger partial charge is 0.481 e. The van der Waals surface area contributed by atoms with Crippen LogP contribution in [0.25, 0.3) is 10.6 Å². The van der Waals surface area contributed by atoms with Crippen molar-refractivity contribution in [3.8, 4) is 10.6 Å². The van der Waals surface area contributed by atoms with Crippen LogP contribution >= 0.6 is 33.9 Å². The van der Waals surface area contributed by atoms with Crippen LogP contribution in [0, 0.1) is 9.62 Å². The van der Waals surface area contributed by atoms with Gasteiger partial charge in [0.15, 0.2) is 0 Å². The minimum Gasteiger partial charge on any atom is -0.481 e. The molecule has 1 aromatic carbocycles. The number of halogens is 1. The van der Waals surface area contributed by atoms with Crippen LogP contribution in [0.2, 0.25) is 0 Å². The first kappa shape index (κ1) is 13.1. The second-order valence-electron chi connectivity index (χ2n) is 4.74. The lowest BCUT2D eigenvalue weighted by Crippen LogP contribution is -2.22. The lowest BCUT2D eigenvalue weighted by atomic mass is 9.83. The van der Waals surface area contributed by atoms with E-state index in [4.69, 9.17) is 5.11 Å². The fraction of sp³-hybridized carbons (Fsp3) is 0.286. The first-order chi connectivity index (χ1) is 9.13. The Morgan fingerprint density at radius 3 is 2.95 bits per heavy atom. The summed E-state index contributed by atoms with van der Waals surface area (Å²) >= 11 is 3.83. The molecular formula is C14H12INO2S. The van der Waals surface area contributed by atoms with Crippen LogP contribution in [0.3, 0.4) is 0 Å². The molecule has 0 amide bonds. The summed E-state index contributed by atoms with van der Waals surface area (Å²) in [6.07, 6.45) is 2.25. The number of hydrogen-bond acceptors (Lipinski definition) is 3. The molecular weight excluding hydrogens is 373 g/mol. The molecule has 1 heterocycles. The summed E-state index contributed by atoms with van der Waals surface area (Å²) < 4.78 is 0.999. The molecule has 0 bridgehead atoms. The number of carboxylic acids is 1. The third kappa shape index (κ3) is 2.67. The first-order valence-electron chi connectivity index (χ1n) is 6.09. The van der Waals surface area contributed by atoms with Gasteiger partial charge < -0.3 is 5.11 Å². The normalized spacial score (nSPS) is 18.1. The Morgan fingerprint density at radius 2 is 2.26 bits per heavy atom. The Balaban J connectivity index is 1.95. The van der Waals surface area contributed by atoms with Crippen molar-refractivity contribution in [2.75, 3.05) is 0 Å². The number of hydrogen-bond donors (Lipinski definition) is 1. The van der Waals surface area contributed by atoms with E-state index in [9.17, 15) is 4.79 Å². The highest BCUT2D eigenvalue weighted by molar-refractivity contribution is 14.1. The van der Waals surface area contributed by atoms with Crippen molar-refractivity contribution in [1.29, 1.82) is 0 Å². The van der Waals surface area contributed by atoms with Gasteiger partial charge >= 0.3 is 5.97 Å². The maximum atomic E-state index is 11.1. The second kappa shape index (κ2) is 5.20. The van der Waals surface area contributed by atoms with E-state index in [-0.39, 0.29) is 5.92 Å². The summed E-state index contributed by atoms with van der Waals surface area (Å²) in [5, 5.41) is 12.2. The third-order valence-electron chi connectivity index (χ3n) is 3.51. The molecule has 19 heavy (non-hydrogen) atoms. The summed E-state index contributed by atoms with van der Waals surface area (Å²) in [5.41, 5.74) is 3.55. The van der Waals surface area contributed by atoms with Crippen molar-refractivity contribution in [1.82, 2.24) is 4.98 Å². The summed E-state index contributed by atoms with van der Waals surface area (Å²) in [5.74, 6) is -0.918. The van der Waals surface area contributed by atoms with Crippen molar-refractivity contribution in [3.63, 3.8) is 0 Å². The van der Waals surface area contributed by atoms with E-state index in [2.05, 4.69) is 45.8 Å². The number of fused-ring (bicyclic) bond motifs is 1. The molecule has 0 spiro atoms. The van der Waals surface area contributed by atoms with E-state index in [1.54, 1.807) is 11.3 Å². The monoisotopic (exact) mass is 385 g/mol. The second-order valence-corrected chi connectivity index (χ2v) is 6.70. The molecule has 0 aliphatic heterocycles. The molecule has 1 aliphatic rings. The molecule has 0 saturated heterocycles. The zero-order valence-corrected chi connectivity index (χ0v) is 13.1. The maximum absolute atomic E-state index is 11.1. The van der Waals surface area contributed by atoms with Crippen LogP contribution in [0.4, 0.5) is 0 Å². The smallest absolute Gasteiger partial charge is 0.306 e. The quantitative estimate of drug-likeness (QED) is 0.804. The molecule has 0 fully saturated rings. The number of carbonyl (C=O) groups is 1. The zero-order chi connectivity index (χ0) is 13.4. The van der Waals surface area contributed by atoms with E-state index in [0.29, 0.717) is 6.42 Å². The molecule has 3 rings (SSSR count). The number of rotatable bonds is 2. The SMILES string of the molecule is O=C(O)C1CCc2ccc(-c3nc(I)cs3)cc2C1. The minimum absolute atomic E-state index is 0.237. The number of aryl methyl sites for hydroxylation is 1. The number of thiazole rings is 1. The number of carboxylic acid groups (broad SMARTS) is 1. The molecule has 3 nitrogen and oxygen atoms in total. The highest BCUT2D eigenvalue weighted by atomic mass is 127. The van der Waals surface area contributed by atoms with Gasteiger partial charge in [-0.15, -0.1) is 11.3 Å². The van der Waals surface area contributed by atoms with E-state index in [1.165, 1.54) is 11.1 Å². The summed E-state index contributed by atoms with van der Waals surface area (Å²) in [4.78, 5) is 15.6. The predicted octanol–water partition coefficient (Wildman–Crippen LogP) is 3.60. The Labute approximate surface area is 128 Å². The highest BCUT2D eigenvalue weighted by Crippen LogP contribution is 2.31. The van der Waals surface area contributed by atoms with Gasteiger partial charge in [-0.05, 0) is 59.0 Å².